The lowest BCUT2D eigenvalue weighted by molar-refractivity contribution is 0.195. The standard InChI is InChI=1S/C28H37NO/c1-27(2,3)25-22(16-18-24(30)26(25)28(4,5)6)23(29-19-11-8-12-20-29)17-15-21-13-9-7-10-14-21/h7,9-10,13-14,16,18,23,30H,8,11-12,19-20H2,1-6H3. The van der Waals surface area contributed by atoms with Crippen molar-refractivity contribution in [2.75, 3.05) is 13.1 Å². The molecule has 2 nitrogen and oxygen atoms in total. The van der Waals surface area contributed by atoms with Gasteiger partial charge >= 0.3 is 0 Å². The molecule has 1 aliphatic rings. The van der Waals surface area contributed by atoms with Crippen LogP contribution in [0.1, 0.15) is 89.1 Å². The van der Waals surface area contributed by atoms with E-state index in [9.17, 15) is 5.11 Å². The fraction of sp³-hybridized carbons (Fsp3) is 0.500. The van der Waals surface area contributed by atoms with Crippen molar-refractivity contribution >= 4 is 0 Å². The Labute approximate surface area is 183 Å². The van der Waals surface area contributed by atoms with Crippen LogP contribution >= 0.6 is 0 Å². The molecule has 0 aliphatic carbocycles. The normalized spacial score (nSPS) is 16.6. The predicted molar refractivity (Wildman–Crippen MR) is 127 cm³/mol. The van der Waals surface area contributed by atoms with Gasteiger partial charge in [-0.3, -0.25) is 4.90 Å². The number of phenolic OH excluding ortho intramolecular Hbond substituents is 1. The number of aromatic hydroxyl groups is 1. The van der Waals surface area contributed by atoms with Crippen molar-refractivity contribution in [2.45, 2.75) is 77.7 Å². The molecule has 1 aliphatic heterocycles. The summed E-state index contributed by atoms with van der Waals surface area (Å²) in [6.45, 7) is 15.5. The molecule has 2 aromatic carbocycles. The molecule has 1 saturated heterocycles. The molecule has 0 amide bonds. The summed E-state index contributed by atoms with van der Waals surface area (Å²) >= 11 is 0. The summed E-state index contributed by atoms with van der Waals surface area (Å²) in [7, 11) is 0. The molecular weight excluding hydrogens is 366 g/mol. The minimum atomic E-state index is -0.151. The van der Waals surface area contributed by atoms with Crippen LogP contribution in [0.5, 0.6) is 5.75 Å². The van der Waals surface area contributed by atoms with E-state index in [1.165, 1.54) is 30.4 Å². The molecule has 1 atom stereocenters. The van der Waals surface area contributed by atoms with E-state index in [2.05, 4.69) is 76.5 Å². The van der Waals surface area contributed by atoms with E-state index >= 15 is 0 Å². The van der Waals surface area contributed by atoms with Gasteiger partial charge in [0.15, 0.2) is 0 Å². The smallest absolute Gasteiger partial charge is 0.119 e. The van der Waals surface area contributed by atoms with Crippen LogP contribution in [-0.2, 0) is 10.8 Å². The molecule has 1 N–H and O–H groups in total. The number of rotatable bonds is 2. The molecule has 1 heterocycles. The summed E-state index contributed by atoms with van der Waals surface area (Å²) in [6, 6.07) is 14.3. The molecule has 160 valence electrons. The first-order valence-electron chi connectivity index (χ1n) is 11.3. The first kappa shape index (κ1) is 22.4. The van der Waals surface area contributed by atoms with Crippen LogP contribution in [0, 0.1) is 11.8 Å². The van der Waals surface area contributed by atoms with Gasteiger partial charge in [-0.1, -0.05) is 84.1 Å². The fourth-order valence-corrected chi connectivity index (χ4v) is 4.62. The molecule has 1 unspecified atom stereocenters. The average Bonchev–Trinajstić information content (AvgIpc) is 2.68. The van der Waals surface area contributed by atoms with Crippen LogP contribution in [-0.4, -0.2) is 23.1 Å². The Morgan fingerprint density at radius 1 is 0.800 bits per heavy atom. The molecule has 1 fully saturated rings. The molecule has 30 heavy (non-hydrogen) atoms. The van der Waals surface area contributed by atoms with E-state index in [1.54, 1.807) is 0 Å². The second kappa shape index (κ2) is 8.86. The molecule has 0 radical (unpaired) electrons. The van der Waals surface area contributed by atoms with Gasteiger partial charge in [0.25, 0.3) is 0 Å². The van der Waals surface area contributed by atoms with Crippen molar-refractivity contribution in [3.8, 4) is 17.6 Å². The zero-order valence-electron chi connectivity index (χ0n) is 19.5. The zero-order chi connectivity index (χ0) is 21.9. The van der Waals surface area contributed by atoms with Gasteiger partial charge in [0.05, 0.1) is 6.04 Å². The molecule has 2 heteroatoms. The lowest BCUT2D eigenvalue weighted by Crippen LogP contribution is -2.35. The summed E-state index contributed by atoms with van der Waals surface area (Å²) in [4.78, 5) is 2.54. The number of nitrogens with zero attached hydrogens (tertiary/aromatic N) is 1. The Hall–Kier alpha value is -2.24. The highest BCUT2D eigenvalue weighted by Gasteiger charge is 2.34. The third-order valence-corrected chi connectivity index (χ3v) is 5.89. The Morgan fingerprint density at radius 2 is 1.40 bits per heavy atom. The lowest BCUT2D eigenvalue weighted by Gasteiger charge is -2.38. The lowest BCUT2D eigenvalue weighted by atomic mass is 9.71. The Morgan fingerprint density at radius 3 is 1.97 bits per heavy atom. The molecule has 0 saturated carbocycles. The van der Waals surface area contributed by atoms with E-state index in [0.29, 0.717) is 5.75 Å². The SMILES string of the molecule is CC(C)(C)c1c(O)ccc(C(C#Cc2ccccc2)N2CCCCC2)c1C(C)(C)C. The molecular formula is C28H37NO. The van der Waals surface area contributed by atoms with Crippen molar-refractivity contribution in [1.82, 2.24) is 4.90 Å². The average molecular weight is 404 g/mol. The third kappa shape index (κ3) is 5.08. The van der Waals surface area contributed by atoms with E-state index < -0.39 is 0 Å². The van der Waals surface area contributed by atoms with Gasteiger partial charge in [-0.2, -0.15) is 0 Å². The Kier molecular flexibility index (Phi) is 6.63. The number of phenols is 1. The second-order valence-electron chi connectivity index (χ2n) is 10.6. The molecule has 2 aromatic rings. The first-order chi connectivity index (χ1) is 14.1. The summed E-state index contributed by atoms with van der Waals surface area (Å²) in [5, 5.41) is 10.9. The fourth-order valence-electron chi connectivity index (χ4n) is 4.62. The summed E-state index contributed by atoms with van der Waals surface area (Å²) in [5.41, 5.74) is 4.34. The number of hydrogen-bond acceptors (Lipinski definition) is 2. The van der Waals surface area contributed by atoms with Crippen LogP contribution < -0.4 is 0 Å². The van der Waals surface area contributed by atoms with Crippen molar-refractivity contribution in [3.63, 3.8) is 0 Å². The number of piperidine rings is 1. The Balaban J connectivity index is 2.21. The van der Waals surface area contributed by atoms with Crippen LogP contribution in [0.15, 0.2) is 42.5 Å². The van der Waals surface area contributed by atoms with Gasteiger partial charge in [0.1, 0.15) is 5.75 Å². The van der Waals surface area contributed by atoms with Crippen molar-refractivity contribution in [2.24, 2.45) is 0 Å². The van der Waals surface area contributed by atoms with Crippen LogP contribution in [0.2, 0.25) is 0 Å². The minimum absolute atomic E-state index is 0.0291. The maximum Gasteiger partial charge on any atom is 0.119 e. The third-order valence-electron chi connectivity index (χ3n) is 5.89. The van der Waals surface area contributed by atoms with Crippen LogP contribution in [0.4, 0.5) is 0 Å². The van der Waals surface area contributed by atoms with Crippen molar-refractivity contribution in [1.29, 1.82) is 0 Å². The summed E-state index contributed by atoms with van der Waals surface area (Å²) in [6.07, 6.45) is 3.74. The maximum atomic E-state index is 10.9. The Bertz CT molecular complexity index is 913. The topological polar surface area (TPSA) is 23.5 Å². The van der Waals surface area contributed by atoms with E-state index in [-0.39, 0.29) is 16.9 Å². The van der Waals surface area contributed by atoms with Gasteiger partial charge in [-0.15, -0.1) is 0 Å². The monoisotopic (exact) mass is 403 g/mol. The molecule has 0 bridgehead atoms. The predicted octanol–water partition coefficient (Wildman–Crippen LogP) is 6.57. The van der Waals surface area contributed by atoms with Crippen molar-refractivity contribution in [3.05, 3.63) is 64.7 Å². The second-order valence-corrected chi connectivity index (χ2v) is 10.6. The maximum absolute atomic E-state index is 10.9. The van der Waals surface area contributed by atoms with Crippen LogP contribution in [0.25, 0.3) is 0 Å². The van der Waals surface area contributed by atoms with Crippen LogP contribution in [0.3, 0.4) is 0 Å². The molecule has 0 spiro atoms. The van der Waals surface area contributed by atoms with E-state index in [0.717, 1.165) is 24.2 Å². The molecule has 0 aromatic heterocycles. The highest BCUT2D eigenvalue weighted by molar-refractivity contribution is 5.54. The highest BCUT2D eigenvalue weighted by Crippen LogP contribution is 2.44. The number of hydrogen-bond donors (Lipinski definition) is 1. The van der Waals surface area contributed by atoms with Gasteiger partial charge in [0, 0.05) is 11.1 Å². The largest absolute Gasteiger partial charge is 0.508 e. The van der Waals surface area contributed by atoms with Gasteiger partial charge in [-0.05, 0) is 66.1 Å². The van der Waals surface area contributed by atoms with Gasteiger partial charge < -0.3 is 5.11 Å². The number of likely N-dealkylation sites (tertiary alicyclic amines) is 1. The minimum Gasteiger partial charge on any atom is -0.508 e. The van der Waals surface area contributed by atoms with Crippen molar-refractivity contribution < 1.29 is 5.11 Å². The number of benzene rings is 2. The zero-order valence-corrected chi connectivity index (χ0v) is 19.5. The quantitative estimate of drug-likeness (QED) is 0.574. The van der Waals surface area contributed by atoms with Gasteiger partial charge in [0.2, 0.25) is 0 Å². The molecule has 3 rings (SSSR count). The first-order valence-corrected chi connectivity index (χ1v) is 11.3. The van der Waals surface area contributed by atoms with Gasteiger partial charge in [-0.25, -0.2) is 0 Å². The summed E-state index contributed by atoms with van der Waals surface area (Å²) in [5.74, 6) is 7.46. The van der Waals surface area contributed by atoms with E-state index in [4.69, 9.17) is 0 Å². The van der Waals surface area contributed by atoms with E-state index in [1.807, 2.05) is 24.3 Å². The summed E-state index contributed by atoms with van der Waals surface area (Å²) < 4.78 is 0. The highest BCUT2D eigenvalue weighted by atomic mass is 16.3.